The maximum absolute atomic E-state index is 6.13. The van der Waals surface area contributed by atoms with Gasteiger partial charge in [0.05, 0.1) is 5.69 Å². The van der Waals surface area contributed by atoms with Gasteiger partial charge >= 0.3 is 0 Å². The lowest BCUT2D eigenvalue weighted by atomic mass is 10.2. The summed E-state index contributed by atoms with van der Waals surface area (Å²) < 4.78 is 2.04. The van der Waals surface area contributed by atoms with Gasteiger partial charge in [-0.25, -0.2) is 9.97 Å². The zero-order valence-electron chi connectivity index (χ0n) is 11.0. The SMILES string of the molecule is Cc1ccc(Cl)cc1-n1c(CCCl)nc2cccnc21. The van der Waals surface area contributed by atoms with E-state index in [2.05, 4.69) is 9.97 Å². The number of halogens is 2. The third-order valence-electron chi connectivity index (χ3n) is 3.22. The van der Waals surface area contributed by atoms with E-state index in [1.165, 1.54) is 0 Å². The smallest absolute Gasteiger partial charge is 0.164 e. The number of benzene rings is 1. The lowest BCUT2D eigenvalue weighted by Crippen LogP contribution is -2.04. The van der Waals surface area contributed by atoms with Crippen LogP contribution in [0, 0.1) is 6.92 Å². The standard InChI is InChI=1S/C15H13Cl2N3/c1-10-4-5-11(17)9-13(10)20-14(6-7-16)19-12-3-2-8-18-15(12)20/h2-5,8-9H,6-7H2,1H3. The maximum Gasteiger partial charge on any atom is 0.164 e. The van der Waals surface area contributed by atoms with E-state index in [0.29, 0.717) is 17.3 Å². The first-order chi connectivity index (χ1) is 9.70. The van der Waals surface area contributed by atoms with Crippen molar-refractivity contribution in [1.82, 2.24) is 14.5 Å². The molecule has 20 heavy (non-hydrogen) atoms. The molecule has 3 aromatic rings. The minimum absolute atomic E-state index is 0.517. The molecule has 0 aliphatic carbocycles. The molecule has 102 valence electrons. The molecule has 0 N–H and O–H groups in total. The average molecular weight is 306 g/mol. The first kappa shape index (κ1) is 13.4. The summed E-state index contributed by atoms with van der Waals surface area (Å²) in [5, 5.41) is 0.695. The van der Waals surface area contributed by atoms with Crippen molar-refractivity contribution in [2.24, 2.45) is 0 Å². The second kappa shape index (κ2) is 5.43. The Morgan fingerprint density at radius 3 is 2.90 bits per heavy atom. The van der Waals surface area contributed by atoms with E-state index in [4.69, 9.17) is 23.2 Å². The highest BCUT2D eigenvalue weighted by molar-refractivity contribution is 6.30. The van der Waals surface area contributed by atoms with Gasteiger partial charge in [0.15, 0.2) is 5.65 Å². The lowest BCUT2D eigenvalue weighted by molar-refractivity contribution is 0.900. The number of aryl methyl sites for hydroxylation is 2. The Hall–Kier alpha value is -1.58. The van der Waals surface area contributed by atoms with E-state index >= 15 is 0 Å². The highest BCUT2D eigenvalue weighted by Gasteiger charge is 2.14. The summed E-state index contributed by atoms with van der Waals surface area (Å²) in [5.41, 5.74) is 3.82. The monoisotopic (exact) mass is 305 g/mol. The zero-order valence-corrected chi connectivity index (χ0v) is 12.5. The molecular weight excluding hydrogens is 293 g/mol. The molecule has 0 saturated carbocycles. The maximum atomic E-state index is 6.13. The summed E-state index contributed by atoms with van der Waals surface area (Å²) in [6.07, 6.45) is 2.45. The van der Waals surface area contributed by atoms with Crippen LogP contribution in [0.4, 0.5) is 0 Å². The quantitative estimate of drug-likeness (QED) is 0.680. The predicted molar refractivity (Wildman–Crippen MR) is 83.0 cm³/mol. The van der Waals surface area contributed by atoms with Crippen molar-refractivity contribution in [3.05, 3.63) is 52.9 Å². The van der Waals surface area contributed by atoms with Gasteiger partial charge in [0.25, 0.3) is 0 Å². The van der Waals surface area contributed by atoms with Gasteiger partial charge in [-0.1, -0.05) is 17.7 Å². The molecule has 0 radical (unpaired) electrons. The number of pyridine rings is 1. The zero-order chi connectivity index (χ0) is 14.1. The first-order valence-corrected chi connectivity index (χ1v) is 7.27. The molecule has 5 heteroatoms. The molecule has 0 unspecified atom stereocenters. The second-order valence-corrected chi connectivity index (χ2v) is 5.39. The molecule has 0 spiro atoms. The summed E-state index contributed by atoms with van der Waals surface area (Å²) in [7, 11) is 0. The molecule has 3 rings (SSSR count). The molecule has 0 bridgehead atoms. The van der Waals surface area contributed by atoms with Crippen LogP contribution in [0.2, 0.25) is 5.02 Å². The Balaban J connectivity index is 2.33. The number of hydrogen-bond donors (Lipinski definition) is 0. The number of hydrogen-bond acceptors (Lipinski definition) is 2. The molecule has 0 aliphatic heterocycles. The third-order valence-corrected chi connectivity index (χ3v) is 3.64. The highest BCUT2D eigenvalue weighted by atomic mass is 35.5. The Morgan fingerprint density at radius 2 is 2.10 bits per heavy atom. The van der Waals surface area contributed by atoms with Crippen LogP contribution in [0.25, 0.3) is 16.9 Å². The van der Waals surface area contributed by atoms with Crippen molar-refractivity contribution < 1.29 is 0 Å². The fourth-order valence-corrected chi connectivity index (χ4v) is 2.62. The summed E-state index contributed by atoms with van der Waals surface area (Å²) in [5.74, 6) is 1.42. The van der Waals surface area contributed by atoms with Crippen molar-refractivity contribution >= 4 is 34.4 Å². The molecule has 0 aliphatic rings. The van der Waals surface area contributed by atoms with Crippen molar-refractivity contribution in [1.29, 1.82) is 0 Å². The van der Waals surface area contributed by atoms with E-state index in [1.807, 2.05) is 41.8 Å². The Bertz CT molecular complexity index is 765. The van der Waals surface area contributed by atoms with Gasteiger partial charge in [-0.15, -0.1) is 11.6 Å². The van der Waals surface area contributed by atoms with Gasteiger partial charge < -0.3 is 0 Å². The average Bonchev–Trinajstić information content (AvgIpc) is 2.80. The first-order valence-electron chi connectivity index (χ1n) is 6.35. The molecule has 2 aromatic heterocycles. The van der Waals surface area contributed by atoms with Crippen LogP contribution in [0.3, 0.4) is 0 Å². The number of alkyl halides is 1. The Labute approximate surface area is 127 Å². The molecule has 0 atom stereocenters. The normalized spacial score (nSPS) is 11.2. The number of nitrogens with zero attached hydrogens (tertiary/aromatic N) is 3. The fourth-order valence-electron chi connectivity index (χ4n) is 2.29. The van der Waals surface area contributed by atoms with Gasteiger partial charge in [-0.3, -0.25) is 4.57 Å². The van der Waals surface area contributed by atoms with Crippen molar-refractivity contribution in [3.63, 3.8) is 0 Å². The molecule has 0 amide bonds. The highest BCUT2D eigenvalue weighted by Crippen LogP contribution is 2.25. The minimum atomic E-state index is 0.517. The van der Waals surface area contributed by atoms with Gasteiger partial charge in [0.2, 0.25) is 0 Å². The van der Waals surface area contributed by atoms with Crippen molar-refractivity contribution in [3.8, 4) is 5.69 Å². The van der Waals surface area contributed by atoms with Crippen molar-refractivity contribution in [2.75, 3.05) is 5.88 Å². The van der Waals surface area contributed by atoms with Crippen LogP contribution < -0.4 is 0 Å². The summed E-state index contributed by atoms with van der Waals surface area (Å²) >= 11 is 12.0. The van der Waals surface area contributed by atoms with E-state index in [-0.39, 0.29) is 0 Å². The Kier molecular flexibility index (Phi) is 3.64. The number of aromatic nitrogens is 3. The molecule has 3 nitrogen and oxygen atoms in total. The molecular formula is C15H13Cl2N3. The number of rotatable bonds is 3. The molecule has 0 fully saturated rings. The van der Waals surface area contributed by atoms with E-state index in [1.54, 1.807) is 6.20 Å². The van der Waals surface area contributed by atoms with Crippen LogP contribution in [0.15, 0.2) is 36.5 Å². The molecule has 1 aromatic carbocycles. The van der Waals surface area contributed by atoms with Gasteiger partial charge in [0, 0.05) is 23.5 Å². The van der Waals surface area contributed by atoms with Crippen LogP contribution in [-0.4, -0.2) is 20.4 Å². The van der Waals surface area contributed by atoms with Crippen LogP contribution in [0.1, 0.15) is 11.4 Å². The van der Waals surface area contributed by atoms with Gasteiger partial charge in [0.1, 0.15) is 11.3 Å². The third kappa shape index (κ3) is 2.28. The summed E-state index contributed by atoms with van der Waals surface area (Å²) in [6.45, 7) is 2.05. The Morgan fingerprint density at radius 1 is 1.25 bits per heavy atom. The topological polar surface area (TPSA) is 30.7 Å². The summed E-state index contributed by atoms with van der Waals surface area (Å²) in [4.78, 5) is 9.07. The van der Waals surface area contributed by atoms with E-state index in [0.717, 1.165) is 28.2 Å². The number of fused-ring (bicyclic) bond motifs is 1. The fraction of sp³-hybridized carbons (Fsp3) is 0.200. The van der Waals surface area contributed by atoms with Crippen LogP contribution >= 0.6 is 23.2 Å². The van der Waals surface area contributed by atoms with Crippen LogP contribution in [-0.2, 0) is 6.42 Å². The van der Waals surface area contributed by atoms with E-state index in [9.17, 15) is 0 Å². The van der Waals surface area contributed by atoms with E-state index < -0.39 is 0 Å². The predicted octanol–water partition coefficient (Wildman–Crippen LogP) is 4.16. The van der Waals surface area contributed by atoms with Crippen molar-refractivity contribution in [2.45, 2.75) is 13.3 Å². The van der Waals surface area contributed by atoms with Crippen LogP contribution in [0.5, 0.6) is 0 Å². The minimum Gasteiger partial charge on any atom is -0.280 e. The van der Waals surface area contributed by atoms with Gasteiger partial charge in [-0.05, 0) is 36.8 Å². The largest absolute Gasteiger partial charge is 0.280 e. The second-order valence-electron chi connectivity index (χ2n) is 4.58. The number of imidazole rings is 1. The summed E-state index contributed by atoms with van der Waals surface area (Å²) in [6, 6.07) is 9.65. The molecule has 0 saturated heterocycles. The van der Waals surface area contributed by atoms with Gasteiger partial charge in [-0.2, -0.15) is 0 Å². The molecule has 2 heterocycles. The lowest BCUT2D eigenvalue weighted by Gasteiger charge is -2.11.